The third-order valence-electron chi connectivity index (χ3n) is 3.43. The number of nitrogen functional groups attached to an aromatic ring is 1. The summed E-state index contributed by atoms with van der Waals surface area (Å²) >= 11 is 0. The average Bonchev–Trinajstić information content (AvgIpc) is 2.46. The molecule has 2 rings (SSSR count). The number of carbonyl (C=O) groups is 2. The average molecular weight is 278 g/mol. The Hall–Kier alpha value is -2.08. The molecular formula is C14H18N2O4. The van der Waals surface area contributed by atoms with Crippen molar-refractivity contribution in [3.05, 3.63) is 23.8 Å². The summed E-state index contributed by atoms with van der Waals surface area (Å²) in [4.78, 5) is 24.9. The van der Waals surface area contributed by atoms with Crippen LogP contribution in [0, 0.1) is 5.92 Å². The van der Waals surface area contributed by atoms with E-state index in [0.717, 1.165) is 18.8 Å². The van der Waals surface area contributed by atoms with Gasteiger partial charge >= 0.3 is 5.97 Å². The summed E-state index contributed by atoms with van der Waals surface area (Å²) in [5.41, 5.74) is 7.65. The highest BCUT2D eigenvalue weighted by molar-refractivity contribution is 6.08. The minimum absolute atomic E-state index is 0.328. The first kappa shape index (κ1) is 14.3. The van der Waals surface area contributed by atoms with Crippen LogP contribution in [0.2, 0.25) is 0 Å². The second-order valence-electron chi connectivity index (χ2n) is 4.80. The van der Waals surface area contributed by atoms with E-state index in [1.54, 1.807) is 18.2 Å². The Kier molecular flexibility index (Phi) is 4.24. The fourth-order valence-electron chi connectivity index (χ4n) is 2.16. The first-order valence-electron chi connectivity index (χ1n) is 6.50. The summed E-state index contributed by atoms with van der Waals surface area (Å²) in [5.74, 6) is -2.63. The summed E-state index contributed by atoms with van der Waals surface area (Å²) < 4.78 is 5.28. The number of nitrogens with zero attached hydrogens (tertiary/aromatic N) is 1. The number of morpholine rings is 1. The number of anilines is 2. The Morgan fingerprint density at radius 1 is 1.35 bits per heavy atom. The molecule has 0 aliphatic carbocycles. The van der Waals surface area contributed by atoms with E-state index in [-0.39, 0.29) is 0 Å². The maximum Gasteiger partial charge on any atom is 0.314 e. The van der Waals surface area contributed by atoms with Crippen molar-refractivity contribution in [2.24, 2.45) is 5.92 Å². The van der Waals surface area contributed by atoms with Gasteiger partial charge in [0.2, 0.25) is 0 Å². The molecule has 0 aromatic heterocycles. The molecule has 1 saturated heterocycles. The van der Waals surface area contributed by atoms with Gasteiger partial charge in [-0.05, 0) is 25.1 Å². The van der Waals surface area contributed by atoms with Crippen molar-refractivity contribution >= 4 is 23.1 Å². The monoisotopic (exact) mass is 278 g/mol. The van der Waals surface area contributed by atoms with Crippen LogP contribution in [-0.2, 0) is 9.53 Å². The van der Waals surface area contributed by atoms with Crippen molar-refractivity contribution in [2.45, 2.75) is 6.92 Å². The summed E-state index contributed by atoms with van der Waals surface area (Å²) in [5, 5.41) is 8.87. The second kappa shape index (κ2) is 5.92. The summed E-state index contributed by atoms with van der Waals surface area (Å²) in [6.45, 7) is 4.18. The van der Waals surface area contributed by atoms with Crippen molar-refractivity contribution < 1.29 is 19.4 Å². The van der Waals surface area contributed by atoms with Crippen LogP contribution in [-0.4, -0.2) is 43.2 Å². The molecule has 1 aliphatic heterocycles. The van der Waals surface area contributed by atoms with E-state index in [1.807, 2.05) is 0 Å². The number of nitrogens with two attached hydrogens (primary N) is 1. The third kappa shape index (κ3) is 2.91. The Morgan fingerprint density at radius 3 is 2.55 bits per heavy atom. The molecule has 1 heterocycles. The van der Waals surface area contributed by atoms with Crippen molar-refractivity contribution in [3.63, 3.8) is 0 Å². The molecule has 108 valence electrons. The summed E-state index contributed by atoms with van der Waals surface area (Å²) in [6, 6.07) is 4.94. The quantitative estimate of drug-likeness (QED) is 0.485. The number of rotatable bonds is 4. The van der Waals surface area contributed by atoms with Crippen molar-refractivity contribution in [2.75, 3.05) is 36.9 Å². The van der Waals surface area contributed by atoms with Gasteiger partial charge in [0.05, 0.1) is 24.6 Å². The van der Waals surface area contributed by atoms with Gasteiger partial charge in [-0.15, -0.1) is 0 Å². The number of carboxylic acids is 1. The molecule has 6 nitrogen and oxygen atoms in total. The molecule has 1 aliphatic rings. The Bertz CT molecular complexity index is 524. The lowest BCUT2D eigenvalue weighted by Gasteiger charge is -2.30. The lowest BCUT2D eigenvalue weighted by molar-refractivity contribution is -0.139. The molecular weight excluding hydrogens is 260 g/mol. The van der Waals surface area contributed by atoms with Crippen LogP contribution in [0.3, 0.4) is 0 Å². The lowest BCUT2D eigenvalue weighted by atomic mass is 9.98. The number of hydrogen-bond acceptors (Lipinski definition) is 5. The van der Waals surface area contributed by atoms with E-state index in [4.69, 9.17) is 15.6 Å². The molecule has 0 radical (unpaired) electrons. The van der Waals surface area contributed by atoms with Gasteiger partial charge in [0.15, 0.2) is 5.78 Å². The number of hydrogen-bond donors (Lipinski definition) is 2. The molecule has 1 aromatic rings. The largest absolute Gasteiger partial charge is 0.481 e. The minimum Gasteiger partial charge on any atom is -0.481 e. The van der Waals surface area contributed by atoms with E-state index in [1.165, 1.54) is 6.92 Å². The zero-order chi connectivity index (χ0) is 14.7. The molecule has 0 bridgehead atoms. The molecule has 0 saturated carbocycles. The molecule has 1 fully saturated rings. The van der Waals surface area contributed by atoms with Gasteiger partial charge in [0.1, 0.15) is 5.92 Å². The molecule has 0 spiro atoms. The summed E-state index contributed by atoms with van der Waals surface area (Å²) in [7, 11) is 0. The Labute approximate surface area is 117 Å². The fraction of sp³-hybridized carbons (Fsp3) is 0.429. The number of ketones is 1. The van der Waals surface area contributed by atoms with Crippen molar-refractivity contribution in [3.8, 4) is 0 Å². The molecule has 0 amide bonds. The van der Waals surface area contributed by atoms with Gasteiger partial charge in [-0.25, -0.2) is 0 Å². The van der Waals surface area contributed by atoms with Gasteiger partial charge in [0, 0.05) is 18.7 Å². The normalized spacial score (nSPS) is 16.8. The van der Waals surface area contributed by atoms with Crippen molar-refractivity contribution in [1.29, 1.82) is 0 Å². The van der Waals surface area contributed by atoms with E-state index in [2.05, 4.69) is 4.90 Å². The predicted molar refractivity (Wildman–Crippen MR) is 75.0 cm³/mol. The van der Waals surface area contributed by atoms with Crippen LogP contribution in [0.25, 0.3) is 0 Å². The van der Waals surface area contributed by atoms with Gasteiger partial charge < -0.3 is 20.5 Å². The van der Waals surface area contributed by atoms with Gasteiger partial charge in [0.25, 0.3) is 0 Å². The van der Waals surface area contributed by atoms with Crippen LogP contribution in [0.15, 0.2) is 18.2 Å². The first-order valence-corrected chi connectivity index (χ1v) is 6.50. The summed E-state index contributed by atoms with van der Waals surface area (Å²) in [6.07, 6.45) is 0. The van der Waals surface area contributed by atoms with Crippen LogP contribution in [0.1, 0.15) is 17.3 Å². The Balaban J connectivity index is 2.21. The molecule has 3 N–H and O–H groups in total. The maximum atomic E-state index is 12.0. The van der Waals surface area contributed by atoms with Gasteiger partial charge in [-0.1, -0.05) is 0 Å². The highest BCUT2D eigenvalue weighted by Gasteiger charge is 2.23. The van der Waals surface area contributed by atoms with Crippen LogP contribution >= 0.6 is 0 Å². The van der Waals surface area contributed by atoms with E-state index < -0.39 is 17.7 Å². The molecule has 1 atom stereocenters. The van der Waals surface area contributed by atoms with Crippen LogP contribution < -0.4 is 10.6 Å². The van der Waals surface area contributed by atoms with Gasteiger partial charge in [-0.2, -0.15) is 0 Å². The highest BCUT2D eigenvalue weighted by atomic mass is 16.5. The number of carbonyl (C=O) groups excluding carboxylic acids is 1. The number of carboxylic acid groups (broad SMARTS) is 1. The minimum atomic E-state index is -1.13. The molecule has 20 heavy (non-hydrogen) atoms. The Morgan fingerprint density at radius 2 is 2.00 bits per heavy atom. The van der Waals surface area contributed by atoms with E-state index >= 15 is 0 Å². The first-order chi connectivity index (χ1) is 9.50. The second-order valence-corrected chi connectivity index (χ2v) is 4.80. The molecule has 6 heteroatoms. The standard InChI is InChI=1S/C14H18N2O4/c1-9(14(18)19)13(17)10-2-3-12(11(15)8-10)16-4-6-20-7-5-16/h2-3,8-9H,4-7,15H2,1H3,(H,18,19). The number of Topliss-reactive ketones (excluding diaryl/α,β-unsaturated/α-hetero) is 1. The molecule has 1 aromatic carbocycles. The number of ether oxygens (including phenoxy) is 1. The highest BCUT2D eigenvalue weighted by Crippen LogP contribution is 2.26. The van der Waals surface area contributed by atoms with E-state index in [9.17, 15) is 9.59 Å². The topological polar surface area (TPSA) is 92.9 Å². The van der Waals surface area contributed by atoms with Crippen LogP contribution in [0.4, 0.5) is 11.4 Å². The predicted octanol–water partition coefficient (Wildman–Crippen LogP) is 1.01. The number of benzene rings is 1. The van der Waals surface area contributed by atoms with Crippen LogP contribution in [0.5, 0.6) is 0 Å². The van der Waals surface area contributed by atoms with Gasteiger partial charge in [-0.3, -0.25) is 9.59 Å². The lowest BCUT2D eigenvalue weighted by Crippen LogP contribution is -2.36. The SMILES string of the molecule is CC(C(=O)O)C(=O)c1ccc(N2CCOCC2)c(N)c1. The number of aliphatic carboxylic acids is 1. The van der Waals surface area contributed by atoms with E-state index in [0.29, 0.717) is 24.5 Å². The third-order valence-corrected chi connectivity index (χ3v) is 3.43. The fourth-order valence-corrected chi connectivity index (χ4v) is 2.16. The smallest absolute Gasteiger partial charge is 0.314 e. The maximum absolute atomic E-state index is 12.0. The van der Waals surface area contributed by atoms with Crippen molar-refractivity contribution in [1.82, 2.24) is 0 Å². The molecule has 1 unspecified atom stereocenters. The zero-order valence-corrected chi connectivity index (χ0v) is 11.3. The zero-order valence-electron chi connectivity index (χ0n) is 11.3.